The molecule has 0 saturated carbocycles. The Labute approximate surface area is 83.2 Å². The number of aryl methyl sites for hydroxylation is 1. The van der Waals surface area contributed by atoms with Crippen molar-refractivity contribution >= 4 is 21.6 Å². The molecule has 0 atom stereocenters. The van der Waals surface area contributed by atoms with Gasteiger partial charge < -0.3 is 0 Å². The zero-order chi connectivity index (χ0) is 9.42. The van der Waals surface area contributed by atoms with Crippen molar-refractivity contribution in [1.82, 2.24) is 9.38 Å². The number of hydrogen-bond donors (Lipinski definition) is 0. The van der Waals surface area contributed by atoms with E-state index in [-0.39, 0.29) is 5.56 Å². The van der Waals surface area contributed by atoms with Crippen molar-refractivity contribution in [1.29, 1.82) is 0 Å². The van der Waals surface area contributed by atoms with Gasteiger partial charge in [0.1, 0.15) is 5.65 Å². The average molecular weight is 239 g/mol. The van der Waals surface area contributed by atoms with E-state index in [1.807, 2.05) is 6.07 Å². The Morgan fingerprint density at radius 1 is 1.46 bits per heavy atom. The molecule has 0 aliphatic rings. The number of pyridine rings is 1. The first-order valence-electron chi connectivity index (χ1n) is 3.82. The van der Waals surface area contributed by atoms with Crippen LogP contribution in [0.2, 0.25) is 0 Å². The molecule has 0 spiro atoms. The summed E-state index contributed by atoms with van der Waals surface area (Å²) in [5, 5.41) is 0. The second kappa shape index (κ2) is 2.96. The Bertz CT molecular complexity index is 513. The first-order valence-corrected chi connectivity index (χ1v) is 4.61. The Morgan fingerprint density at radius 3 is 3.00 bits per heavy atom. The fourth-order valence-corrected chi connectivity index (χ4v) is 1.48. The fraction of sp³-hybridized carbons (Fsp3) is 0.111. The smallest absolute Gasteiger partial charge is 0.260 e. The molecular weight excluding hydrogens is 232 g/mol. The molecule has 2 aromatic rings. The maximum absolute atomic E-state index is 11.6. The minimum atomic E-state index is -0.0219. The molecule has 0 saturated heterocycles. The number of aromatic nitrogens is 2. The van der Waals surface area contributed by atoms with Crippen LogP contribution in [-0.4, -0.2) is 9.38 Å². The maximum atomic E-state index is 11.6. The summed E-state index contributed by atoms with van der Waals surface area (Å²) in [5.41, 5.74) is 1.29. The molecule has 0 N–H and O–H groups in total. The molecule has 0 unspecified atom stereocenters. The lowest BCUT2D eigenvalue weighted by Crippen LogP contribution is -2.16. The van der Waals surface area contributed by atoms with Gasteiger partial charge in [-0.05, 0) is 35.0 Å². The predicted octanol–water partition coefficient (Wildman–Crippen LogP) is 1.77. The van der Waals surface area contributed by atoms with E-state index in [2.05, 4.69) is 20.9 Å². The van der Waals surface area contributed by atoms with E-state index in [0.717, 1.165) is 4.47 Å². The lowest BCUT2D eigenvalue weighted by molar-refractivity contribution is 1.01. The van der Waals surface area contributed by atoms with Crippen molar-refractivity contribution in [2.45, 2.75) is 6.92 Å². The van der Waals surface area contributed by atoms with Crippen LogP contribution < -0.4 is 5.56 Å². The molecule has 3 nitrogen and oxygen atoms in total. The molecule has 2 heterocycles. The molecule has 0 bridgehead atoms. The van der Waals surface area contributed by atoms with E-state index in [1.165, 1.54) is 4.40 Å². The van der Waals surface area contributed by atoms with Crippen LogP contribution in [0.1, 0.15) is 5.56 Å². The van der Waals surface area contributed by atoms with Gasteiger partial charge in [0, 0.05) is 22.4 Å². The summed E-state index contributed by atoms with van der Waals surface area (Å²) in [7, 11) is 0. The largest absolute Gasteiger partial charge is 0.269 e. The third-order valence-electron chi connectivity index (χ3n) is 1.84. The second-order valence-electron chi connectivity index (χ2n) is 2.82. The molecule has 2 rings (SSSR count). The fourth-order valence-electron chi connectivity index (χ4n) is 1.14. The summed E-state index contributed by atoms with van der Waals surface area (Å²) in [6, 6.07) is 3.65. The van der Waals surface area contributed by atoms with Crippen LogP contribution in [0.4, 0.5) is 0 Å². The van der Waals surface area contributed by atoms with Crippen molar-refractivity contribution in [2.24, 2.45) is 0 Å². The van der Waals surface area contributed by atoms with Crippen LogP contribution in [0.5, 0.6) is 0 Å². The zero-order valence-corrected chi connectivity index (χ0v) is 8.58. The van der Waals surface area contributed by atoms with Gasteiger partial charge in [0.25, 0.3) is 5.56 Å². The van der Waals surface area contributed by atoms with Gasteiger partial charge in [-0.3, -0.25) is 9.20 Å². The van der Waals surface area contributed by atoms with E-state index >= 15 is 0 Å². The Balaban J connectivity index is 2.97. The van der Waals surface area contributed by atoms with Crippen LogP contribution in [0.15, 0.2) is 33.8 Å². The van der Waals surface area contributed by atoms with Gasteiger partial charge in [-0.15, -0.1) is 0 Å². The van der Waals surface area contributed by atoms with Gasteiger partial charge in [-0.2, -0.15) is 0 Å². The maximum Gasteiger partial charge on any atom is 0.260 e. The quantitative estimate of drug-likeness (QED) is 0.702. The van der Waals surface area contributed by atoms with E-state index < -0.39 is 0 Å². The molecule has 0 fully saturated rings. The summed E-state index contributed by atoms with van der Waals surface area (Å²) >= 11 is 3.30. The number of nitrogens with zero attached hydrogens (tertiary/aromatic N) is 2. The highest BCUT2D eigenvalue weighted by atomic mass is 79.9. The Morgan fingerprint density at radius 2 is 2.23 bits per heavy atom. The molecule has 0 aliphatic carbocycles. The van der Waals surface area contributed by atoms with Gasteiger partial charge in [0.15, 0.2) is 0 Å². The predicted molar refractivity (Wildman–Crippen MR) is 53.9 cm³/mol. The first kappa shape index (κ1) is 8.44. The Kier molecular flexibility index (Phi) is 1.92. The lowest BCUT2D eigenvalue weighted by Gasteiger charge is -2.00. The van der Waals surface area contributed by atoms with Gasteiger partial charge in [0.05, 0.1) is 0 Å². The molecule has 0 radical (unpaired) electrons. The number of rotatable bonds is 0. The molecule has 13 heavy (non-hydrogen) atoms. The highest BCUT2D eigenvalue weighted by molar-refractivity contribution is 9.10. The van der Waals surface area contributed by atoms with E-state index in [1.54, 1.807) is 25.4 Å². The van der Waals surface area contributed by atoms with Crippen molar-refractivity contribution < 1.29 is 0 Å². The lowest BCUT2D eigenvalue weighted by atomic mass is 10.3. The van der Waals surface area contributed by atoms with Crippen molar-refractivity contribution in [3.63, 3.8) is 0 Å². The van der Waals surface area contributed by atoms with Crippen LogP contribution in [-0.2, 0) is 0 Å². The van der Waals surface area contributed by atoms with Gasteiger partial charge in [0.2, 0.25) is 0 Å². The molecular formula is C9H7BrN2O. The van der Waals surface area contributed by atoms with Crippen LogP contribution >= 0.6 is 15.9 Å². The highest BCUT2D eigenvalue weighted by Gasteiger charge is 1.99. The summed E-state index contributed by atoms with van der Waals surface area (Å²) in [4.78, 5) is 15.7. The highest BCUT2D eigenvalue weighted by Crippen LogP contribution is 2.08. The van der Waals surface area contributed by atoms with Crippen molar-refractivity contribution in [3.8, 4) is 0 Å². The number of fused-ring (bicyclic) bond motifs is 1. The third-order valence-corrected chi connectivity index (χ3v) is 2.31. The van der Waals surface area contributed by atoms with E-state index in [9.17, 15) is 4.79 Å². The summed E-state index contributed by atoms with van der Waals surface area (Å²) < 4.78 is 2.40. The third kappa shape index (κ3) is 1.37. The van der Waals surface area contributed by atoms with Crippen molar-refractivity contribution in [2.75, 3.05) is 0 Å². The average Bonchev–Trinajstić information content (AvgIpc) is 2.12. The molecule has 66 valence electrons. The summed E-state index contributed by atoms with van der Waals surface area (Å²) in [5.74, 6) is 0. The first-order chi connectivity index (χ1) is 6.18. The van der Waals surface area contributed by atoms with E-state index in [0.29, 0.717) is 11.2 Å². The molecule has 0 aliphatic heterocycles. The SMILES string of the molecule is Cc1cnc2ccc(Br)cn2c1=O. The van der Waals surface area contributed by atoms with Gasteiger partial charge >= 0.3 is 0 Å². The molecule has 2 aromatic heterocycles. The molecule has 0 amide bonds. The summed E-state index contributed by atoms with van der Waals surface area (Å²) in [6.07, 6.45) is 3.31. The second-order valence-corrected chi connectivity index (χ2v) is 3.74. The molecule has 0 aromatic carbocycles. The standard InChI is InChI=1S/C9H7BrN2O/c1-6-4-11-8-3-2-7(10)5-12(8)9(6)13/h2-5H,1H3. The Hall–Kier alpha value is -1.16. The van der Waals surface area contributed by atoms with Crippen molar-refractivity contribution in [3.05, 3.63) is 44.9 Å². The molecule has 4 heteroatoms. The van der Waals surface area contributed by atoms with Gasteiger partial charge in [-0.25, -0.2) is 4.98 Å². The minimum Gasteiger partial charge on any atom is -0.269 e. The normalized spacial score (nSPS) is 10.6. The van der Waals surface area contributed by atoms with Crippen LogP contribution in [0.3, 0.4) is 0 Å². The van der Waals surface area contributed by atoms with Crippen LogP contribution in [0.25, 0.3) is 5.65 Å². The zero-order valence-electron chi connectivity index (χ0n) is 6.99. The monoisotopic (exact) mass is 238 g/mol. The number of halogens is 1. The van der Waals surface area contributed by atoms with E-state index in [4.69, 9.17) is 0 Å². The number of hydrogen-bond acceptors (Lipinski definition) is 2. The minimum absolute atomic E-state index is 0.0219. The van der Waals surface area contributed by atoms with Gasteiger partial charge in [-0.1, -0.05) is 0 Å². The topological polar surface area (TPSA) is 34.4 Å². The summed E-state index contributed by atoms with van der Waals surface area (Å²) in [6.45, 7) is 1.75. The van der Waals surface area contributed by atoms with Crippen LogP contribution in [0, 0.1) is 6.92 Å².